The largest absolute Gasteiger partial charge is 0.544 e. The fraction of sp³-hybridized carbons (Fsp3) is 0.100. The zero-order valence-electron chi connectivity index (χ0n) is 21.0. The molecular weight excluding hydrogens is 678 g/mol. The first-order chi connectivity index (χ1) is 19.9. The van der Waals surface area contributed by atoms with Crippen LogP contribution in [0, 0.1) is 7.14 Å². The average molecular weight is 694 g/mol. The van der Waals surface area contributed by atoms with Crippen molar-refractivity contribution in [3.05, 3.63) is 113 Å². The normalized spacial score (nSPS) is 12.0. The van der Waals surface area contributed by atoms with Crippen LogP contribution in [0.15, 0.2) is 103 Å². The minimum absolute atomic E-state index is 0.0201. The van der Waals surface area contributed by atoms with Gasteiger partial charge in [-0.05, 0) is 48.5 Å². The van der Waals surface area contributed by atoms with Gasteiger partial charge in [0.05, 0.1) is 21.5 Å². The number of carboxylic acid groups (broad SMARTS) is 1. The quantitative estimate of drug-likeness (QED) is 0.156. The molecule has 0 amide bonds. The number of carbonyl (C=O) groups excluding carboxylic acids is 1. The number of carbonyl (C=O) groups is 1. The van der Waals surface area contributed by atoms with Crippen molar-refractivity contribution in [3.63, 3.8) is 0 Å². The van der Waals surface area contributed by atoms with Crippen LogP contribution in [0.1, 0.15) is 0 Å². The fourth-order valence-electron chi connectivity index (χ4n) is 4.03. The summed E-state index contributed by atoms with van der Waals surface area (Å²) < 4.78 is 71.7. The molecule has 42 heavy (non-hydrogen) atoms. The standard InChI is InChI=1S/C26H14IO4.C4H3F5O2/c28-25-17-5-1-3-7-21(17)30-23-11-9-15(13-19(23)25)27-16-10-12-24-20(14-16)26(29)18-6-2-4-8-22(18)31-24;5-1-3(6,7)4(8,9)2(10)11/h1-14H;1H2,(H,10,11)/q+1;/p-1. The van der Waals surface area contributed by atoms with Crippen molar-refractivity contribution in [2.45, 2.75) is 11.8 Å². The summed E-state index contributed by atoms with van der Waals surface area (Å²) in [4.78, 5) is 35.2. The molecule has 0 bridgehead atoms. The van der Waals surface area contributed by atoms with E-state index in [9.17, 15) is 41.4 Å². The van der Waals surface area contributed by atoms with E-state index in [1.807, 2.05) is 60.7 Å². The van der Waals surface area contributed by atoms with E-state index in [1.165, 1.54) is 0 Å². The molecule has 6 aromatic rings. The molecular formula is C30H16F5IO6. The van der Waals surface area contributed by atoms with Gasteiger partial charge in [-0.2, -0.15) is 17.6 Å². The maximum absolute atomic E-state index is 12.9. The highest BCUT2D eigenvalue weighted by atomic mass is 127. The van der Waals surface area contributed by atoms with Gasteiger partial charge in [-0.25, -0.2) is 4.39 Å². The van der Waals surface area contributed by atoms with Gasteiger partial charge in [-0.15, -0.1) is 0 Å². The summed E-state index contributed by atoms with van der Waals surface area (Å²) in [6.07, 6.45) is 0. The predicted octanol–water partition coefficient (Wildman–Crippen LogP) is 2.31. The molecule has 214 valence electrons. The molecule has 6 rings (SSSR count). The van der Waals surface area contributed by atoms with Gasteiger partial charge in [0.2, 0.25) is 10.9 Å². The summed E-state index contributed by atoms with van der Waals surface area (Å²) in [6.45, 7) is -2.74. The Bertz CT molecular complexity index is 1970. The smallest absolute Gasteiger partial charge is 0.357 e. The second-order valence-corrected chi connectivity index (χ2v) is 12.0. The molecule has 0 aliphatic carbocycles. The van der Waals surface area contributed by atoms with E-state index in [-0.39, 0.29) is 10.9 Å². The van der Waals surface area contributed by atoms with Crippen molar-refractivity contribution in [2.75, 3.05) is 6.67 Å². The van der Waals surface area contributed by atoms with E-state index in [2.05, 4.69) is 0 Å². The number of aliphatic carboxylic acids is 1. The third kappa shape index (κ3) is 5.33. The Labute approximate surface area is 242 Å². The minimum Gasteiger partial charge on any atom is -0.544 e. The summed E-state index contributed by atoms with van der Waals surface area (Å²) in [6, 6.07) is 26.2. The zero-order valence-corrected chi connectivity index (χ0v) is 23.2. The summed E-state index contributed by atoms with van der Waals surface area (Å²) in [5.41, 5.74) is 2.32. The molecule has 6 nitrogen and oxygen atoms in total. The maximum Gasteiger partial charge on any atom is 0.357 e. The van der Waals surface area contributed by atoms with Gasteiger partial charge in [0.15, 0.2) is 13.8 Å². The van der Waals surface area contributed by atoms with Crippen molar-refractivity contribution in [1.82, 2.24) is 0 Å². The first-order valence-corrected chi connectivity index (χ1v) is 14.2. The van der Waals surface area contributed by atoms with Crippen molar-refractivity contribution in [3.8, 4) is 0 Å². The number of carboxylic acids is 1. The number of halogens is 6. The topological polar surface area (TPSA) is 101 Å². The van der Waals surface area contributed by atoms with Crippen LogP contribution in [0.4, 0.5) is 22.0 Å². The highest BCUT2D eigenvalue weighted by molar-refractivity contribution is 5.90. The number of hydrogen-bond acceptors (Lipinski definition) is 6. The Hall–Kier alpha value is -4.33. The van der Waals surface area contributed by atoms with E-state index >= 15 is 0 Å². The second-order valence-electron chi connectivity index (χ2n) is 8.93. The average Bonchev–Trinajstić information content (AvgIpc) is 2.98. The molecule has 0 N–H and O–H groups in total. The molecule has 0 aliphatic rings. The van der Waals surface area contributed by atoms with E-state index < -0.39 is 45.7 Å². The van der Waals surface area contributed by atoms with Crippen LogP contribution in [-0.4, -0.2) is 24.5 Å². The van der Waals surface area contributed by atoms with Gasteiger partial charge in [0, 0.05) is 12.1 Å². The molecule has 0 saturated carbocycles. The maximum atomic E-state index is 12.9. The van der Waals surface area contributed by atoms with Gasteiger partial charge < -0.3 is 18.7 Å². The van der Waals surface area contributed by atoms with Crippen LogP contribution in [0.25, 0.3) is 43.9 Å². The summed E-state index contributed by atoms with van der Waals surface area (Å²) in [5, 5.41) is 11.7. The van der Waals surface area contributed by atoms with Crippen LogP contribution in [0.2, 0.25) is 0 Å². The number of alkyl halides is 5. The molecule has 0 aliphatic heterocycles. The van der Waals surface area contributed by atoms with Crippen molar-refractivity contribution in [2.24, 2.45) is 0 Å². The Morgan fingerprint density at radius 2 is 1.07 bits per heavy atom. The fourth-order valence-corrected chi connectivity index (χ4v) is 6.40. The van der Waals surface area contributed by atoms with Crippen LogP contribution in [-0.2, 0) is 4.79 Å². The highest BCUT2D eigenvalue weighted by Gasteiger charge is 2.57. The number of fused-ring (bicyclic) bond motifs is 4. The molecule has 0 saturated heterocycles. The SMILES string of the molecule is O=C([O-])C(F)(F)C(F)(F)CF.O=c1c2ccccc2oc2ccc([I+]c3ccc4oc5ccccc5c(=O)c4c3)cc12. The van der Waals surface area contributed by atoms with Crippen molar-refractivity contribution >= 4 is 49.8 Å². The molecule has 4 aromatic carbocycles. The van der Waals surface area contributed by atoms with Gasteiger partial charge >= 0.3 is 33.1 Å². The van der Waals surface area contributed by atoms with Crippen molar-refractivity contribution < 1.29 is 61.9 Å². The van der Waals surface area contributed by atoms with Crippen LogP contribution >= 0.6 is 0 Å². The number of rotatable bonds is 5. The molecule has 0 spiro atoms. The third-order valence-corrected chi connectivity index (χ3v) is 8.77. The molecule has 0 fully saturated rings. The Morgan fingerprint density at radius 1 is 0.667 bits per heavy atom. The predicted molar refractivity (Wildman–Crippen MR) is 138 cm³/mol. The van der Waals surface area contributed by atoms with E-state index in [0.29, 0.717) is 43.9 Å². The van der Waals surface area contributed by atoms with Crippen LogP contribution < -0.4 is 37.2 Å². The minimum atomic E-state index is -5.46. The Morgan fingerprint density at radius 3 is 1.45 bits per heavy atom. The van der Waals surface area contributed by atoms with E-state index in [1.54, 1.807) is 24.3 Å². The molecule has 12 heteroatoms. The molecule has 0 radical (unpaired) electrons. The van der Waals surface area contributed by atoms with Gasteiger partial charge in [0.25, 0.3) is 0 Å². The number of hydrogen-bond donors (Lipinski definition) is 0. The lowest BCUT2D eigenvalue weighted by atomic mass is 10.1. The Kier molecular flexibility index (Phi) is 7.75. The van der Waals surface area contributed by atoms with Gasteiger partial charge in [-0.1, -0.05) is 24.3 Å². The van der Waals surface area contributed by atoms with Crippen LogP contribution in [0.5, 0.6) is 0 Å². The second kappa shape index (κ2) is 11.2. The molecule has 0 unspecified atom stereocenters. The first-order valence-electron chi connectivity index (χ1n) is 12.0. The summed E-state index contributed by atoms with van der Waals surface area (Å²) in [7, 11) is 0. The van der Waals surface area contributed by atoms with Crippen molar-refractivity contribution in [1.29, 1.82) is 0 Å². The molecule has 2 aromatic heterocycles. The Balaban J connectivity index is 0.000000276. The van der Waals surface area contributed by atoms with E-state index in [4.69, 9.17) is 8.83 Å². The summed E-state index contributed by atoms with van der Waals surface area (Å²) in [5.74, 6) is -14.0. The van der Waals surface area contributed by atoms with Crippen LogP contribution in [0.3, 0.4) is 0 Å². The number of benzene rings is 4. The lowest BCUT2D eigenvalue weighted by Gasteiger charge is -2.24. The molecule has 0 atom stereocenters. The van der Waals surface area contributed by atoms with Gasteiger partial charge in [-0.3, -0.25) is 9.59 Å². The summed E-state index contributed by atoms with van der Waals surface area (Å²) >= 11 is -0.596. The zero-order chi connectivity index (χ0) is 30.2. The molecule has 2 heterocycles. The first kappa shape index (κ1) is 29.2. The third-order valence-electron chi connectivity index (χ3n) is 6.18. The number of para-hydroxylation sites is 2. The monoisotopic (exact) mass is 694 g/mol. The van der Waals surface area contributed by atoms with E-state index in [0.717, 1.165) is 7.14 Å². The highest BCUT2D eigenvalue weighted by Crippen LogP contribution is 2.33. The van der Waals surface area contributed by atoms with Gasteiger partial charge in [0.1, 0.15) is 28.3 Å². The lowest BCUT2D eigenvalue weighted by Crippen LogP contribution is -3.61. The lowest BCUT2D eigenvalue weighted by molar-refractivity contribution is -0.597.